The maximum absolute atomic E-state index is 12.7. The zero-order valence-electron chi connectivity index (χ0n) is 15.3. The number of imidazole rings is 1. The average molecular weight is 349 g/mol. The monoisotopic (exact) mass is 349 g/mol. The van der Waals surface area contributed by atoms with Gasteiger partial charge < -0.3 is 15.6 Å². The molecule has 0 radical (unpaired) electrons. The molecule has 6 nitrogen and oxygen atoms in total. The molecule has 1 aliphatic carbocycles. The van der Waals surface area contributed by atoms with Crippen molar-refractivity contribution in [3.8, 4) is 0 Å². The number of rotatable bonds is 4. The van der Waals surface area contributed by atoms with E-state index in [1.165, 1.54) is 0 Å². The quantitative estimate of drug-likeness (QED) is 0.661. The van der Waals surface area contributed by atoms with Gasteiger partial charge >= 0.3 is 6.03 Å². The molecule has 6 heteroatoms. The van der Waals surface area contributed by atoms with E-state index >= 15 is 0 Å². The third kappa shape index (κ3) is 3.14. The number of H-pyrrole nitrogens is 1. The lowest BCUT2D eigenvalue weighted by Crippen LogP contribution is -2.34. The van der Waals surface area contributed by atoms with Crippen LogP contribution in [0.4, 0.5) is 10.5 Å². The van der Waals surface area contributed by atoms with Crippen molar-refractivity contribution in [3.05, 3.63) is 53.1 Å². The van der Waals surface area contributed by atoms with Crippen molar-refractivity contribution >= 4 is 22.8 Å². The Morgan fingerprint density at radius 3 is 2.73 bits per heavy atom. The predicted molar refractivity (Wildman–Crippen MR) is 102 cm³/mol. The van der Waals surface area contributed by atoms with Crippen molar-refractivity contribution in [3.63, 3.8) is 0 Å². The summed E-state index contributed by atoms with van der Waals surface area (Å²) in [6, 6.07) is 5.70. The Bertz CT molecular complexity index is 973. The van der Waals surface area contributed by atoms with Crippen molar-refractivity contribution in [2.45, 2.75) is 39.7 Å². The number of fused-ring (bicyclic) bond motifs is 1. The highest BCUT2D eigenvalue weighted by Crippen LogP contribution is 2.40. The molecule has 0 saturated heterocycles. The number of carbonyl (C=O) groups is 1. The second-order valence-electron chi connectivity index (χ2n) is 7.14. The van der Waals surface area contributed by atoms with Crippen LogP contribution in [0.25, 0.3) is 11.0 Å². The first-order valence-corrected chi connectivity index (χ1v) is 8.96. The van der Waals surface area contributed by atoms with Gasteiger partial charge in [0.25, 0.3) is 0 Å². The Labute approximate surface area is 152 Å². The first-order chi connectivity index (χ1) is 12.5. The third-order valence-electron chi connectivity index (χ3n) is 5.16. The summed E-state index contributed by atoms with van der Waals surface area (Å²) in [7, 11) is 0. The summed E-state index contributed by atoms with van der Waals surface area (Å²) in [4.78, 5) is 24.6. The number of anilines is 1. The summed E-state index contributed by atoms with van der Waals surface area (Å²) in [6.07, 6.45) is 5.73. The van der Waals surface area contributed by atoms with Gasteiger partial charge in [0.15, 0.2) is 0 Å². The molecule has 2 aromatic heterocycles. The highest BCUT2D eigenvalue weighted by Gasteiger charge is 2.34. The summed E-state index contributed by atoms with van der Waals surface area (Å²) >= 11 is 0. The number of amides is 2. The number of aromatic nitrogens is 3. The lowest BCUT2D eigenvalue weighted by atomic mass is 10.1. The second-order valence-corrected chi connectivity index (χ2v) is 7.14. The van der Waals surface area contributed by atoms with Gasteiger partial charge in [-0.1, -0.05) is 0 Å². The van der Waals surface area contributed by atoms with Crippen LogP contribution in [0.3, 0.4) is 0 Å². The normalized spacial score (nSPS) is 15.0. The van der Waals surface area contributed by atoms with Gasteiger partial charge in [-0.15, -0.1) is 0 Å². The number of hydrogen-bond donors (Lipinski definition) is 3. The molecular formula is C20H23N5O. The first-order valence-electron chi connectivity index (χ1n) is 8.96. The molecule has 1 atom stereocenters. The van der Waals surface area contributed by atoms with Gasteiger partial charge in [-0.25, -0.2) is 9.78 Å². The number of urea groups is 1. The van der Waals surface area contributed by atoms with Gasteiger partial charge in [0.2, 0.25) is 0 Å². The van der Waals surface area contributed by atoms with Crippen LogP contribution in [0.1, 0.15) is 41.3 Å². The number of nitrogens with zero attached hydrogens (tertiary/aromatic N) is 2. The van der Waals surface area contributed by atoms with E-state index in [1.54, 1.807) is 12.5 Å². The molecule has 1 fully saturated rings. The molecular weight excluding hydrogens is 326 g/mol. The van der Waals surface area contributed by atoms with Crippen molar-refractivity contribution in [1.82, 2.24) is 20.3 Å². The molecule has 0 spiro atoms. The standard InChI is InChI=1S/C20H23N5O/c1-11-6-7-21-16(8-11)19(14-4-5-14)25-20(26)24-15-9-17-18(23-10-22-17)13(3)12(15)2/h6-10,14,19H,4-5H2,1-3H3,(H,22,23)(H2,24,25,26)/t19-/m0/s1. The Hall–Kier alpha value is -2.89. The molecule has 4 rings (SSSR count). The lowest BCUT2D eigenvalue weighted by molar-refractivity contribution is 0.246. The topological polar surface area (TPSA) is 82.7 Å². The molecule has 1 aromatic carbocycles. The largest absolute Gasteiger partial charge is 0.345 e. The summed E-state index contributed by atoms with van der Waals surface area (Å²) in [5, 5.41) is 6.13. The van der Waals surface area contributed by atoms with Gasteiger partial charge in [0.05, 0.1) is 29.1 Å². The second kappa shape index (κ2) is 6.44. The maximum atomic E-state index is 12.7. The number of aryl methyl sites for hydroxylation is 2. The van der Waals surface area contributed by atoms with E-state index in [-0.39, 0.29) is 12.1 Å². The predicted octanol–water partition coefficient (Wildman–Crippen LogP) is 4.16. The number of nitrogens with one attached hydrogen (secondary N) is 3. The first kappa shape index (κ1) is 16.6. The molecule has 134 valence electrons. The highest BCUT2D eigenvalue weighted by atomic mass is 16.2. The molecule has 0 unspecified atom stereocenters. The molecule has 2 amide bonds. The van der Waals surface area contributed by atoms with Crippen LogP contribution in [0.2, 0.25) is 0 Å². The number of aromatic amines is 1. The Balaban J connectivity index is 1.55. The van der Waals surface area contributed by atoms with Crippen LogP contribution < -0.4 is 10.6 Å². The van der Waals surface area contributed by atoms with Crippen LogP contribution in [0.5, 0.6) is 0 Å². The van der Waals surface area contributed by atoms with E-state index < -0.39 is 0 Å². The number of pyridine rings is 1. The van der Waals surface area contributed by atoms with Crippen molar-refractivity contribution < 1.29 is 4.79 Å². The van der Waals surface area contributed by atoms with E-state index in [2.05, 4.69) is 31.7 Å². The zero-order chi connectivity index (χ0) is 18.3. The molecule has 1 aliphatic rings. The van der Waals surface area contributed by atoms with Crippen LogP contribution in [0, 0.1) is 26.7 Å². The Kier molecular flexibility index (Phi) is 4.11. The zero-order valence-corrected chi connectivity index (χ0v) is 15.3. The summed E-state index contributed by atoms with van der Waals surface area (Å²) in [5.74, 6) is 0.466. The highest BCUT2D eigenvalue weighted by molar-refractivity contribution is 5.94. The molecule has 0 bridgehead atoms. The minimum atomic E-state index is -0.202. The van der Waals surface area contributed by atoms with Gasteiger partial charge in [-0.2, -0.15) is 0 Å². The van der Waals surface area contributed by atoms with E-state index in [1.807, 2.05) is 32.9 Å². The number of benzene rings is 1. The fraction of sp³-hybridized carbons (Fsp3) is 0.350. The lowest BCUT2D eigenvalue weighted by Gasteiger charge is -2.19. The van der Waals surface area contributed by atoms with Crippen molar-refractivity contribution in [1.29, 1.82) is 0 Å². The fourth-order valence-corrected chi connectivity index (χ4v) is 3.37. The summed E-state index contributed by atoms with van der Waals surface area (Å²) in [5.41, 5.74) is 6.83. The van der Waals surface area contributed by atoms with Crippen LogP contribution in [-0.2, 0) is 0 Å². The van der Waals surface area contributed by atoms with E-state index in [4.69, 9.17) is 0 Å². The molecule has 26 heavy (non-hydrogen) atoms. The van der Waals surface area contributed by atoms with Crippen molar-refractivity contribution in [2.24, 2.45) is 5.92 Å². The van der Waals surface area contributed by atoms with Crippen molar-refractivity contribution in [2.75, 3.05) is 5.32 Å². The van der Waals surface area contributed by atoms with E-state index in [0.29, 0.717) is 5.92 Å². The van der Waals surface area contributed by atoms with Gasteiger partial charge in [-0.05, 0) is 74.4 Å². The van der Waals surface area contributed by atoms with E-state index in [0.717, 1.165) is 51.9 Å². The smallest absolute Gasteiger partial charge is 0.319 e. The van der Waals surface area contributed by atoms with Gasteiger partial charge in [0, 0.05) is 11.9 Å². The van der Waals surface area contributed by atoms with Crippen LogP contribution in [-0.4, -0.2) is 21.0 Å². The molecule has 1 saturated carbocycles. The fourth-order valence-electron chi connectivity index (χ4n) is 3.37. The molecule has 3 aromatic rings. The minimum absolute atomic E-state index is 0.0489. The van der Waals surface area contributed by atoms with Crippen LogP contribution in [0.15, 0.2) is 30.7 Å². The minimum Gasteiger partial charge on any atom is -0.345 e. The summed E-state index contributed by atoms with van der Waals surface area (Å²) < 4.78 is 0. The average Bonchev–Trinajstić information content (AvgIpc) is 3.35. The molecule has 3 N–H and O–H groups in total. The van der Waals surface area contributed by atoms with Gasteiger partial charge in [-0.3, -0.25) is 4.98 Å². The third-order valence-corrected chi connectivity index (χ3v) is 5.16. The number of hydrogen-bond acceptors (Lipinski definition) is 3. The van der Waals surface area contributed by atoms with Gasteiger partial charge in [0.1, 0.15) is 0 Å². The van der Waals surface area contributed by atoms with E-state index in [9.17, 15) is 4.79 Å². The summed E-state index contributed by atoms with van der Waals surface area (Å²) in [6.45, 7) is 6.06. The Morgan fingerprint density at radius 1 is 1.19 bits per heavy atom. The maximum Gasteiger partial charge on any atom is 0.319 e. The molecule has 0 aliphatic heterocycles. The SMILES string of the molecule is Cc1ccnc([C@@H](NC(=O)Nc2cc3[nH]cnc3c(C)c2C)C2CC2)c1. The van der Waals surface area contributed by atoms with Crippen LogP contribution >= 0.6 is 0 Å². The molecule has 2 heterocycles. The Morgan fingerprint density at radius 2 is 2.00 bits per heavy atom. The number of carbonyl (C=O) groups excluding carboxylic acids is 1.